The number of halogens is 1. The number of thioether (sulfide) groups is 1. The highest BCUT2D eigenvalue weighted by Gasteiger charge is 2.20. The number of nitrogens with one attached hydrogen (secondary N) is 1. The highest BCUT2D eigenvalue weighted by Crippen LogP contribution is 2.26. The molecule has 168 valence electrons. The lowest BCUT2D eigenvalue weighted by Crippen LogP contribution is -2.15. The minimum absolute atomic E-state index is 0.117. The van der Waals surface area contributed by atoms with Crippen molar-refractivity contribution in [2.24, 2.45) is 0 Å². The zero-order chi connectivity index (χ0) is 23.1. The van der Waals surface area contributed by atoms with E-state index in [0.717, 1.165) is 21.5 Å². The maximum absolute atomic E-state index is 12.4. The molecule has 0 saturated heterocycles. The van der Waals surface area contributed by atoms with Crippen LogP contribution in [0.2, 0.25) is 0 Å². The van der Waals surface area contributed by atoms with Gasteiger partial charge >= 0.3 is 0 Å². The van der Waals surface area contributed by atoms with Crippen molar-refractivity contribution in [2.45, 2.75) is 31.7 Å². The molecule has 7 nitrogen and oxygen atoms in total. The lowest BCUT2D eigenvalue weighted by atomic mass is 10.2. The third-order valence-electron chi connectivity index (χ3n) is 4.57. The maximum Gasteiger partial charge on any atom is 0.234 e. The third kappa shape index (κ3) is 6.14. The van der Waals surface area contributed by atoms with E-state index < -0.39 is 0 Å². The van der Waals surface area contributed by atoms with Crippen molar-refractivity contribution in [2.75, 3.05) is 18.2 Å². The molecule has 9 heteroatoms. The summed E-state index contributed by atoms with van der Waals surface area (Å²) in [5.74, 6) is 2.21. The summed E-state index contributed by atoms with van der Waals surface area (Å²) in [6, 6.07) is 13.0. The van der Waals surface area contributed by atoms with Crippen molar-refractivity contribution >= 4 is 39.3 Å². The number of nitrogens with zero attached hydrogens (tertiary/aromatic N) is 3. The fraction of sp³-hybridized carbons (Fsp3) is 0.261. The van der Waals surface area contributed by atoms with E-state index in [1.807, 2.05) is 60.9 Å². The minimum Gasteiger partial charge on any atom is -0.497 e. The predicted molar refractivity (Wildman–Crippen MR) is 130 cm³/mol. The Morgan fingerprint density at radius 3 is 2.62 bits per heavy atom. The van der Waals surface area contributed by atoms with Crippen LogP contribution in [0.3, 0.4) is 0 Å². The van der Waals surface area contributed by atoms with E-state index in [2.05, 4.69) is 38.0 Å². The van der Waals surface area contributed by atoms with Crippen LogP contribution in [0, 0.1) is 6.92 Å². The van der Waals surface area contributed by atoms with Crippen LogP contribution in [0.15, 0.2) is 64.7 Å². The van der Waals surface area contributed by atoms with E-state index in [9.17, 15) is 4.79 Å². The monoisotopic (exact) mass is 516 g/mol. The average molecular weight is 517 g/mol. The average Bonchev–Trinajstić information content (AvgIpc) is 3.18. The molecular weight excluding hydrogens is 492 g/mol. The van der Waals surface area contributed by atoms with Crippen molar-refractivity contribution in [1.82, 2.24) is 14.8 Å². The highest BCUT2D eigenvalue weighted by atomic mass is 79.9. The maximum atomic E-state index is 12.4. The fourth-order valence-electron chi connectivity index (χ4n) is 2.97. The molecular formula is C23H25BrN4O3S. The van der Waals surface area contributed by atoms with Crippen molar-refractivity contribution in [3.63, 3.8) is 0 Å². The number of ether oxygens (including phenoxy) is 2. The summed E-state index contributed by atoms with van der Waals surface area (Å²) >= 11 is 4.78. The van der Waals surface area contributed by atoms with Gasteiger partial charge in [0.05, 0.1) is 12.9 Å². The van der Waals surface area contributed by atoms with Gasteiger partial charge in [0.15, 0.2) is 17.1 Å². The number of aryl methyl sites for hydroxylation is 1. The molecule has 1 atom stereocenters. The number of aromatic nitrogens is 3. The van der Waals surface area contributed by atoms with Gasteiger partial charge in [-0.2, -0.15) is 0 Å². The Balaban J connectivity index is 1.65. The standard InChI is InChI=1S/C23H25BrN4O3S/c1-5-12-28-22(16(3)31-19-9-7-18(30-4)8-10-19)26-27-23(28)32-14-21(29)25-17-6-11-20(24)15(2)13-17/h5-11,13,16H,1,12,14H2,2-4H3,(H,25,29). The van der Waals surface area contributed by atoms with Crippen LogP contribution in [0.4, 0.5) is 5.69 Å². The SMILES string of the molecule is C=CCn1c(SCC(=O)Nc2ccc(Br)c(C)c2)nnc1C(C)Oc1ccc(OC)cc1. The molecule has 1 aromatic heterocycles. The largest absolute Gasteiger partial charge is 0.497 e. The molecule has 0 aliphatic rings. The second kappa shape index (κ2) is 11.2. The Hall–Kier alpha value is -2.78. The Kier molecular flexibility index (Phi) is 8.35. The number of benzene rings is 2. The topological polar surface area (TPSA) is 78.3 Å². The number of allylic oxidation sites excluding steroid dienone is 1. The third-order valence-corrected chi connectivity index (χ3v) is 6.42. The Morgan fingerprint density at radius 1 is 1.25 bits per heavy atom. The Bertz CT molecular complexity index is 1090. The van der Waals surface area contributed by atoms with Gasteiger partial charge in [0.1, 0.15) is 11.5 Å². The van der Waals surface area contributed by atoms with Gasteiger partial charge in [-0.05, 0) is 61.9 Å². The van der Waals surface area contributed by atoms with E-state index in [-0.39, 0.29) is 17.8 Å². The quantitative estimate of drug-likeness (QED) is 0.286. The van der Waals surface area contributed by atoms with Crippen LogP contribution in [0.1, 0.15) is 24.4 Å². The van der Waals surface area contributed by atoms with Gasteiger partial charge in [0.2, 0.25) is 5.91 Å². The minimum atomic E-state index is -0.343. The zero-order valence-corrected chi connectivity index (χ0v) is 20.6. The van der Waals surface area contributed by atoms with Crippen molar-refractivity contribution in [1.29, 1.82) is 0 Å². The summed E-state index contributed by atoms with van der Waals surface area (Å²) in [5.41, 5.74) is 1.81. The van der Waals surface area contributed by atoms with Gasteiger partial charge in [0.25, 0.3) is 0 Å². The first-order valence-corrected chi connectivity index (χ1v) is 11.7. The molecule has 3 rings (SSSR count). The van der Waals surface area contributed by atoms with Crippen molar-refractivity contribution < 1.29 is 14.3 Å². The molecule has 1 N–H and O–H groups in total. The van der Waals surface area contributed by atoms with Crippen LogP contribution in [-0.2, 0) is 11.3 Å². The van der Waals surface area contributed by atoms with E-state index in [1.165, 1.54) is 11.8 Å². The number of methoxy groups -OCH3 is 1. The Morgan fingerprint density at radius 2 is 1.97 bits per heavy atom. The molecule has 3 aromatic rings. The molecule has 0 radical (unpaired) electrons. The zero-order valence-electron chi connectivity index (χ0n) is 18.2. The van der Waals surface area contributed by atoms with Crippen molar-refractivity contribution in [3.8, 4) is 11.5 Å². The molecule has 0 spiro atoms. The summed E-state index contributed by atoms with van der Waals surface area (Å²) in [6.45, 7) is 8.21. The summed E-state index contributed by atoms with van der Waals surface area (Å²) in [6.07, 6.45) is 1.42. The summed E-state index contributed by atoms with van der Waals surface area (Å²) in [7, 11) is 1.62. The van der Waals surface area contributed by atoms with Gasteiger partial charge in [-0.15, -0.1) is 16.8 Å². The van der Waals surface area contributed by atoms with Crippen LogP contribution in [0.25, 0.3) is 0 Å². The van der Waals surface area contributed by atoms with E-state index in [0.29, 0.717) is 23.3 Å². The summed E-state index contributed by atoms with van der Waals surface area (Å²) < 4.78 is 14.1. The van der Waals surface area contributed by atoms with Gasteiger partial charge < -0.3 is 14.8 Å². The number of carbonyl (C=O) groups excluding carboxylic acids is 1. The molecule has 0 bridgehead atoms. The molecule has 2 aromatic carbocycles. The summed E-state index contributed by atoms with van der Waals surface area (Å²) in [4.78, 5) is 12.4. The lowest BCUT2D eigenvalue weighted by molar-refractivity contribution is -0.113. The number of hydrogen-bond donors (Lipinski definition) is 1. The molecule has 0 fully saturated rings. The fourth-order valence-corrected chi connectivity index (χ4v) is 3.97. The number of anilines is 1. The highest BCUT2D eigenvalue weighted by molar-refractivity contribution is 9.10. The molecule has 0 saturated carbocycles. The predicted octanol–water partition coefficient (Wildman–Crippen LogP) is 5.41. The number of amides is 1. The van der Waals surface area contributed by atoms with Crippen LogP contribution in [0.5, 0.6) is 11.5 Å². The van der Waals surface area contributed by atoms with Gasteiger partial charge in [-0.3, -0.25) is 9.36 Å². The lowest BCUT2D eigenvalue weighted by Gasteiger charge is -2.16. The second-order valence-corrected chi connectivity index (χ2v) is 8.77. The van der Waals surface area contributed by atoms with E-state index >= 15 is 0 Å². The van der Waals surface area contributed by atoms with Crippen LogP contribution in [-0.4, -0.2) is 33.5 Å². The number of carbonyl (C=O) groups is 1. The number of rotatable bonds is 10. The molecule has 1 heterocycles. The smallest absolute Gasteiger partial charge is 0.234 e. The van der Waals surface area contributed by atoms with Crippen LogP contribution >= 0.6 is 27.7 Å². The molecule has 1 amide bonds. The first kappa shape index (κ1) is 23.9. The second-order valence-electron chi connectivity index (χ2n) is 6.98. The molecule has 32 heavy (non-hydrogen) atoms. The first-order chi connectivity index (χ1) is 15.4. The molecule has 1 unspecified atom stereocenters. The first-order valence-electron chi connectivity index (χ1n) is 9.94. The van der Waals surface area contributed by atoms with E-state index in [4.69, 9.17) is 9.47 Å². The molecule has 0 aliphatic carbocycles. The van der Waals surface area contributed by atoms with Gasteiger partial charge in [-0.1, -0.05) is 33.8 Å². The van der Waals surface area contributed by atoms with Crippen LogP contribution < -0.4 is 14.8 Å². The Labute approximate surface area is 200 Å². The summed E-state index contributed by atoms with van der Waals surface area (Å²) in [5, 5.41) is 12.1. The molecule has 0 aliphatic heterocycles. The van der Waals surface area contributed by atoms with E-state index in [1.54, 1.807) is 13.2 Å². The normalized spacial score (nSPS) is 11.6. The number of hydrogen-bond acceptors (Lipinski definition) is 6. The van der Waals surface area contributed by atoms with Gasteiger partial charge in [-0.25, -0.2) is 0 Å². The van der Waals surface area contributed by atoms with Gasteiger partial charge in [0, 0.05) is 16.7 Å². The van der Waals surface area contributed by atoms with Crippen molar-refractivity contribution in [3.05, 3.63) is 71.0 Å².